The first-order valence-electron chi connectivity index (χ1n) is 7.65. The van der Waals surface area contributed by atoms with Crippen molar-refractivity contribution in [3.8, 4) is 5.75 Å². The van der Waals surface area contributed by atoms with E-state index in [1.807, 2.05) is 13.0 Å². The average molecular weight is 403 g/mol. The summed E-state index contributed by atoms with van der Waals surface area (Å²) in [5.74, 6) is 0.797. The molecule has 2 heterocycles. The number of halogens is 1. The van der Waals surface area contributed by atoms with E-state index in [2.05, 4.69) is 20.9 Å². The number of ether oxygens (including phenoxy) is 1. The third-order valence-corrected chi connectivity index (χ3v) is 4.03. The monoisotopic (exact) mass is 402 g/mol. The molecular weight excluding hydrogens is 388 g/mol. The molecule has 7 heteroatoms. The van der Waals surface area contributed by atoms with Gasteiger partial charge in [0.25, 0.3) is 5.91 Å². The van der Waals surface area contributed by atoms with E-state index in [-0.39, 0.29) is 12.5 Å². The summed E-state index contributed by atoms with van der Waals surface area (Å²) in [6.07, 6.45) is 1.64. The summed E-state index contributed by atoms with van der Waals surface area (Å²) in [5.41, 5.74) is -0.0152. The van der Waals surface area contributed by atoms with Crippen LogP contribution in [-0.2, 0) is 4.79 Å². The summed E-state index contributed by atoms with van der Waals surface area (Å²) in [6, 6.07) is 11.7. The van der Waals surface area contributed by atoms with Crippen LogP contribution in [0.2, 0.25) is 0 Å². The molecule has 6 nitrogen and oxygen atoms in total. The number of carbonyl (C=O) groups is 1. The van der Waals surface area contributed by atoms with Crippen LogP contribution in [0.5, 0.6) is 5.75 Å². The highest BCUT2D eigenvalue weighted by molar-refractivity contribution is 9.10. The molecule has 0 bridgehead atoms. The highest BCUT2D eigenvalue weighted by Gasteiger charge is 2.16. The zero-order valence-electron chi connectivity index (χ0n) is 13.4. The third-order valence-electron chi connectivity index (χ3n) is 3.56. The maximum absolute atomic E-state index is 12.4. The van der Waals surface area contributed by atoms with Crippen molar-refractivity contribution in [2.75, 3.05) is 18.1 Å². The van der Waals surface area contributed by atoms with Crippen LogP contribution in [0, 0.1) is 0 Å². The first-order valence-corrected chi connectivity index (χ1v) is 8.45. The molecule has 0 atom stereocenters. The van der Waals surface area contributed by atoms with Gasteiger partial charge in [-0.15, -0.1) is 0 Å². The summed E-state index contributed by atoms with van der Waals surface area (Å²) in [5, 5.41) is 0.785. The zero-order chi connectivity index (χ0) is 17.8. The van der Waals surface area contributed by atoms with E-state index in [0.717, 1.165) is 9.86 Å². The quantitative estimate of drug-likeness (QED) is 0.611. The number of amides is 1. The molecule has 1 amide bonds. The van der Waals surface area contributed by atoms with E-state index in [1.165, 1.54) is 11.0 Å². The fourth-order valence-corrected chi connectivity index (χ4v) is 2.58. The lowest BCUT2D eigenvalue weighted by atomic mass is 10.2. The lowest BCUT2D eigenvalue weighted by molar-refractivity contribution is -0.120. The second-order valence-corrected chi connectivity index (χ2v) is 6.13. The Morgan fingerprint density at radius 3 is 2.76 bits per heavy atom. The summed E-state index contributed by atoms with van der Waals surface area (Å²) in [6.45, 7) is 2.20. The number of hydrogen-bond acceptors (Lipinski definition) is 5. The summed E-state index contributed by atoms with van der Waals surface area (Å²) < 4.78 is 11.5. The fraction of sp³-hybridized carbons (Fsp3) is 0.167. The Hall–Kier alpha value is -2.67. The predicted octanol–water partition coefficient (Wildman–Crippen LogP) is 3.38. The van der Waals surface area contributed by atoms with Crippen molar-refractivity contribution < 1.29 is 13.9 Å². The van der Waals surface area contributed by atoms with Crippen LogP contribution in [0.1, 0.15) is 6.92 Å². The molecule has 3 aromatic rings. The number of rotatable bonds is 5. The topological polar surface area (TPSA) is 72.6 Å². The number of aromatic nitrogens is 1. The third kappa shape index (κ3) is 4.06. The van der Waals surface area contributed by atoms with Crippen LogP contribution < -0.4 is 15.3 Å². The van der Waals surface area contributed by atoms with E-state index in [1.54, 1.807) is 36.5 Å². The maximum atomic E-state index is 12.4. The molecule has 3 rings (SSSR count). The normalized spacial score (nSPS) is 10.6. The van der Waals surface area contributed by atoms with Gasteiger partial charge in [0.2, 0.25) is 0 Å². The Kier molecular flexibility index (Phi) is 5.14. The van der Waals surface area contributed by atoms with Gasteiger partial charge in [0, 0.05) is 34.7 Å². The standard InChI is InChI=1S/C18H15BrN2O4/c1-2-21(16-7-5-13(19)10-20-16)17(22)11-24-14-6-3-12-4-8-18(23)25-15(12)9-14/h3-10H,2,11H2,1H3. The number of nitrogens with zero attached hydrogens (tertiary/aromatic N) is 2. The first-order chi connectivity index (χ1) is 12.1. The Bertz CT molecular complexity index is 953. The van der Waals surface area contributed by atoms with Gasteiger partial charge < -0.3 is 9.15 Å². The number of hydrogen-bond donors (Lipinski definition) is 0. The van der Waals surface area contributed by atoms with Crippen molar-refractivity contribution in [2.24, 2.45) is 0 Å². The SMILES string of the molecule is CCN(C(=O)COc1ccc2ccc(=O)oc2c1)c1ccc(Br)cn1. The Morgan fingerprint density at radius 1 is 1.24 bits per heavy atom. The second-order valence-electron chi connectivity index (χ2n) is 5.22. The van der Waals surface area contributed by atoms with Crippen molar-refractivity contribution >= 4 is 38.6 Å². The lowest BCUT2D eigenvalue weighted by Gasteiger charge is -2.20. The van der Waals surface area contributed by atoms with Crippen LogP contribution in [0.25, 0.3) is 11.0 Å². The van der Waals surface area contributed by atoms with E-state index >= 15 is 0 Å². The van der Waals surface area contributed by atoms with Gasteiger partial charge in [-0.1, -0.05) is 0 Å². The van der Waals surface area contributed by atoms with E-state index < -0.39 is 5.63 Å². The van der Waals surface area contributed by atoms with E-state index in [4.69, 9.17) is 9.15 Å². The van der Waals surface area contributed by atoms with Gasteiger partial charge in [-0.3, -0.25) is 9.69 Å². The molecule has 0 aliphatic rings. The molecule has 25 heavy (non-hydrogen) atoms. The molecule has 0 aliphatic heterocycles. The highest BCUT2D eigenvalue weighted by atomic mass is 79.9. The maximum Gasteiger partial charge on any atom is 0.336 e. The summed E-state index contributed by atoms with van der Waals surface area (Å²) in [7, 11) is 0. The van der Waals surface area contributed by atoms with Crippen molar-refractivity contribution in [1.82, 2.24) is 4.98 Å². The molecule has 0 saturated heterocycles. The van der Waals surface area contributed by atoms with Gasteiger partial charge in [-0.2, -0.15) is 0 Å². The van der Waals surface area contributed by atoms with Gasteiger partial charge in [0.05, 0.1) is 0 Å². The summed E-state index contributed by atoms with van der Waals surface area (Å²) >= 11 is 3.32. The minimum absolute atomic E-state index is 0.145. The minimum Gasteiger partial charge on any atom is -0.484 e. The summed E-state index contributed by atoms with van der Waals surface area (Å²) in [4.78, 5) is 29.5. The van der Waals surface area contributed by atoms with Gasteiger partial charge >= 0.3 is 5.63 Å². The van der Waals surface area contributed by atoms with Crippen LogP contribution >= 0.6 is 15.9 Å². The molecule has 2 aromatic heterocycles. The number of fused-ring (bicyclic) bond motifs is 1. The molecule has 0 radical (unpaired) electrons. The Morgan fingerprint density at radius 2 is 2.04 bits per heavy atom. The molecule has 0 fully saturated rings. The van der Waals surface area contributed by atoms with Crippen molar-refractivity contribution in [3.63, 3.8) is 0 Å². The van der Waals surface area contributed by atoms with Crippen molar-refractivity contribution in [3.05, 3.63) is 63.6 Å². The molecule has 0 spiro atoms. The number of likely N-dealkylation sites (N-methyl/N-ethyl adjacent to an activating group) is 1. The predicted molar refractivity (Wildman–Crippen MR) is 97.9 cm³/mol. The molecule has 0 saturated carbocycles. The Balaban J connectivity index is 1.72. The molecule has 0 unspecified atom stereocenters. The smallest absolute Gasteiger partial charge is 0.336 e. The first kappa shape index (κ1) is 17.2. The van der Waals surface area contributed by atoms with Crippen LogP contribution in [0.3, 0.4) is 0 Å². The molecule has 1 aromatic carbocycles. The van der Waals surface area contributed by atoms with E-state index in [9.17, 15) is 9.59 Å². The lowest BCUT2D eigenvalue weighted by Crippen LogP contribution is -2.35. The number of benzene rings is 1. The largest absolute Gasteiger partial charge is 0.484 e. The highest BCUT2D eigenvalue weighted by Crippen LogP contribution is 2.20. The number of carbonyl (C=O) groups excluding carboxylic acids is 1. The number of pyridine rings is 1. The molecular formula is C18H15BrN2O4. The van der Waals surface area contributed by atoms with Crippen molar-refractivity contribution in [1.29, 1.82) is 0 Å². The molecule has 0 aliphatic carbocycles. The van der Waals surface area contributed by atoms with Crippen LogP contribution in [-0.4, -0.2) is 24.0 Å². The van der Waals surface area contributed by atoms with Crippen LogP contribution in [0.15, 0.2) is 62.3 Å². The zero-order valence-corrected chi connectivity index (χ0v) is 15.0. The van der Waals surface area contributed by atoms with Crippen molar-refractivity contribution in [2.45, 2.75) is 6.92 Å². The Labute approximate surface area is 152 Å². The van der Waals surface area contributed by atoms with Gasteiger partial charge in [-0.25, -0.2) is 9.78 Å². The molecule has 128 valence electrons. The minimum atomic E-state index is -0.431. The van der Waals surface area contributed by atoms with Gasteiger partial charge in [0.1, 0.15) is 17.2 Å². The average Bonchev–Trinajstić information content (AvgIpc) is 2.61. The fourth-order valence-electron chi connectivity index (χ4n) is 2.35. The number of anilines is 1. The van der Waals surface area contributed by atoms with Crippen LogP contribution in [0.4, 0.5) is 5.82 Å². The van der Waals surface area contributed by atoms with E-state index in [0.29, 0.717) is 23.7 Å². The van der Waals surface area contributed by atoms with Gasteiger partial charge in [0.15, 0.2) is 6.61 Å². The molecule has 0 N–H and O–H groups in total. The van der Waals surface area contributed by atoms with Gasteiger partial charge in [-0.05, 0) is 53.2 Å². The second kappa shape index (κ2) is 7.48.